The van der Waals surface area contributed by atoms with Gasteiger partial charge in [0.15, 0.2) is 5.78 Å². The summed E-state index contributed by atoms with van der Waals surface area (Å²) in [5.74, 6) is -0.361. The number of ketones is 1. The van der Waals surface area contributed by atoms with Crippen molar-refractivity contribution < 1.29 is 18.0 Å². The highest BCUT2D eigenvalue weighted by molar-refractivity contribution is 5.97. The highest BCUT2D eigenvalue weighted by Gasteiger charge is 2.27. The Bertz CT molecular complexity index is 403. The maximum atomic E-state index is 12.1. The Kier molecular flexibility index (Phi) is 5.54. The Morgan fingerprint density at radius 2 is 1.84 bits per heavy atom. The predicted molar refractivity (Wildman–Crippen MR) is 68.1 cm³/mol. The first-order valence-corrected chi connectivity index (χ1v) is 6.14. The number of benzene rings is 1. The normalized spacial score (nSPS) is 13.6. The van der Waals surface area contributed by atoms with Crippen LogP contribution in [0.4, 0.5) is 13.2 Å². The second-order valence-corrected chi connectivity index (χ2v) is 4.76. The van der Waals surface area contributed by atoms with Crippen molar-refractivity contribution in [2.24, 2.45) is 5.92 Å². The number of carbonyl (C=O) groups is 1. The van der Waals surface area contributed by atoms with Crippen LogP contribution in [0.15, 0.2) is 30.3 Å². The first kappa shape index (κ1) is 15.7. The van der Waals surface area contributed by atoms with Gasteiger partial charge in [0, 0.05) is 24.6 Å². The molecular formula is C14H18F3NO. The molecule has 0 spiro atoms. The Hall–Kier alpha value is -1.36. The number of nitrogens with zero attached hydrogens (tertiary/aromatic N) is 1. The first-order valence-electron chi connectivity index (χ1n) is 6.14. The lowest BCUT2D eigenvalue weighted by Gasteiger charge is -2.21. The molecule has 0 heterocycles. The smallest absolute Gasteiger partial charge is 0.305 e. The van der Waals surface area contributed by atoms with E-state index in [-0.39, 0.29) is 18.2 Å². The quantitative estimate of drug-likeness (QED) is 0.740. The van der Waals surface area contributed by atoms with Crippen molar-refractivity contribution in [3.63, 3.8) is 0 Å². The van der Waals surface area contributed by atoms with Crippen LogP contribution >= 0.6 is 0 Å². The van der Waals surface area contributed by atoms with Gasteiger partial charge >= 0.3 is 6.18 Å². The number of hydrogen-bond donors (Lipinski definition) is 0. The Morgan fingerprint density at radius 1 is 1.26 bits per heavy atom. The number of hydrogen-bond acceptors (Lipinski definition) is 2. The molecule has 1 atom stereocenters. The average Bonchev–Trinajstić information content (AvgIpc) is 2.35. The molecule has 0 radical (unpaired) electrons. The number of rotatable bonds is 6. The molecule has 1 rings (SSSR count). The zero-order valence-electron chi connectivity index (χ0n) is 11.1. The monoisotopic (exact) mass is 273 g/mol. The minimum Gasteiger partial charge on any atom is -0.305 e. The van der Waals surface area contributed by atoms with Gasteiger partial charge < -0.3 is 4.90 Å². The molecule has 0 aliphatic heterocycles. The van der Waals surface area contributed by atoms with Crippen LogP contribution in [0.5, 0.6) is 0 Å². The SMILES string of the molecule is CC(CN(C)CCC(F)(F)F)C(=O)c1ccccc1. The second kappa shape index (κ2) is 6.70. The third-order valence-corrected chi connectivity index (χ3v) is 2.87. The molecule has 0 aliphatic rings. The zero-order chi connectivity index (χ0) is 14.5. The molecule has 19 heavy (non-hydrogen) atoms. The van der Waals surface area contributed by atoms with E-state index in [9.17, 15) is 18.0 Å². The molecule has 1 unspecified atom stereocenters. The van der Waals surface area contributed by atoms with Gasteiger partial charge in [-0.05, 0) is 7.05 Å². The van der Waals surface area contributed by atoms with Crippen LogP contribution in [0.25, 0.3) is 0 Å². The largest absolute Gasteiger partial charge is 0.390 e. The van der Waals surface area contributed by atoms with Crippen molar-refractivity contribution in [3.8, 4) is 0 Å². The summed E-state index contributed by atoms with van der Waals surface area (Å²) in [4.78, 5) is 13.6. The van der Waals surface area contributed by atoms with Gasteiger partial charge in [-0.2, -0.15) is 13.2 Å². The Labute approximate surface area is 111 Å². The van der Waals surface area contributed by atoms with Gasteiger partial charge in [0.05, 0.1) is 6.42 Å². The van der Waals surface area contributed by atoms with Crippen molar-refractivity contribution in [1.82, 2.24) is 4.90 Å². The predicted octanol–water partition coefficient (Wildman–Crippen LogP) is 3.39. The minimum absolute atomic E-state index is 0.0422. The Balaban J connectivity index is 2.46. The van der Waals surface area contributed by atoms with E-state index in [4.69, 9.17) is 0 Å². The van der Waals surface area contributed by atoms with Gasteiger partial charge in [0.1, 0.15) is 0 Å². The van der Waals surface area contributed by atoms with Gasteiger partial charge in [0.25, 0.3) is 0 Å². The highest BCUT2D eigenvalue weighted by atomic mass is 19.4. The van der Waals surface area contributed by atoms with Gasteiger partial charge in [0.2, 0.25) is 0 Å². The van der Waals surface area contributed by atoms with E-state index in [1.807, 2.05) is 6.07 Å². The molecule has 2 nitrogen and oxygen atoms in total. The molecule has 106 valence electrons. The van der Waals surface area contributed by atoms with E-state index in [0.29, 0.717) is 12.1 Å². The summed E-state index contributed by atoms with van der Waals surface area (Å²) in [5.41, 5.74) is 0.597. The van der Waals surface area contributed by atoms with Crippen LogP contribution in [0, 0.1) is 5.92 Å². The van der Waals surface area contributed by atoms with E-state index in [1.165, 1.54) is 0 Å². The molecule has 0 fully saturated rings. The molecule has 0 N–H and O–H groups in total. The maximum absolute atomic E-state index is 12.1. The molecule has 0 aromatic heterocycles. The van der Waals surface area contributed by atoms with Crippen LogP contribution < -0.4 is 0 Å². The fourth-order valence-electron chi connectivity index (χ4n) is 1.85. The highest BCUT2D eigenvalue weighted by Crippen LogP contribution is 2.20. The minimum atomic E-state index is -4.15. The summed E-state index contributed by atoms with van der Waals surface area (Å²) in [5, 5.41) is 0. The van der Waals surface area contributed by atoms with E-state index in [2.05, 4.69) is 0 Å². The molecule has 0 saturated carbocycles. The summed E-state index contributed by atoms with van der Waals surface area (Å²) in [6.45, 7) is 1.97. The third kappa shape index (κ3) is 5.87. The lowest BCUT2D eigenvalue weighted by Crippen LogP contribution is -2.31. The van der Waals surface area contributed by atoms with Crippen LogP contribution in [0.2, 0.25) is 0 Å². The van der Waals surface area contributed by atoms with E-state index < -0.39 is 12.6 Å². The standard InChI is InChI=1S/C14H18F3NO/c1-11(10-18(2)9-8-14(15,16)17)13(19)12-6-4-3-5-7-12/h3-7,11H,8-10H2,1-2H3. The lowest BCUT2D eigenvalue weighted by atomic mass is 9.99. The van der Waals surface area contributed by atoms with Crippen LogP contribution in [0.3, 0.4) is 0 Å². The van der Waals surface area contributed by atoms with Crippen LogP contribution in [-0.4, -0.2) is 37.0 Å². The summed E-state index contributed by atoms with van der Waals surface area (Å²) in [7, 11) is 1.60. The van der Waals surface area contributed by atoms with Crippen molar-refractivity contribution >= 4 is 5.78 Å². The Morgan fingerprint density at radius 3 is 2.37 bits per heavy atom. The molecule has 1 aromatic carbocycles. The summed E-state index contributed by atoms with van der Waals surface area (Å²) < 4.78 is 36.2. The molecule has 0 aliphatic carbocycles. The lowest BCUT2D eigenvalue weighted by molar-refractivity contribution is -0.137. The van der Waals surface area contributed by atoms with E-state index in [0.717, 1.165) is 0 Å². The fraction of sp³-hybridized carbons (Fsp3) is 0.500. The van der Waals surface area contributed by atoms with Gasteiger partial charge in [-0.3, -0.25) is 4.79 Å². The average molecular weight is 273 g/mol. The van der Waals surface area contributed by atoms with Crippen molar-refractivity contribution in [3.05, 3.63) is 35.9 Å². The fourth-order valence-corrected chi connectivity index (χ4v) is 1.85. The summed E-state index contributed by atoms with van der Waals surface area (Å²) >= 11 is 0. The summed E-state index contributed by atoms with van der Waals surface area (Å²) in [6, 6.07) is 8.79. The second-order valence-electron chi connectivity index (χ2n) is 4.76. The van der Waals surface area contributed by atoms with Gasteiger partial charge in [-0.25, -0.2) is 0 Å². The topological polar surface area (TPSA) is 20.3 Å². The molecular weight excluding hydrogens is 255 g/mol. The molecule has 1 aromatic rings. The number of Topliss-reactive ketones (excluding diaryl/α,β-unsaturated/α-hetero) is 1. The van der Waals surface area contributed by atoms with Crippen molar-refractivity contribution in [1.29, 1.82) is 0 Å². The van der Waals surface area contributed by atoms with E-state index in [1.54, 1.807) is 43.1 Å². The van der Waals surface area contributed by atoms with Crippen LogP contribution in [-0.2, 0) is 0 Å². The third-order valence-electron chi connectivity index (χ3n) is 2.87. The maximum Gasteiger partial charge on any atom is 0.390 e. The van der Waals surface area contributed by atoms with Crippen LogP contribution in [0.1, 0.15) is 23.7 Å². The van der Waals surface area contributed by atoms with Crippen molar-refractivity contribution in [2.45, 2.75) is 19.5 Å². The summed E-state index contributed by atoms with van der Waals surface area (Å²) in [6.07, 6.45) is -5.00. The number of alkyl halides is 3. The molecule has 0 amide bonds. The van der Waals surface area contributed by atoms with E-state index >= 15 is 0 Å². The number of carbonyl (C=O) groups excluding carboxylic acids is 1. The zero-order valence-corrected chi connectivity index (χ0v) is 11.1. The first-order chi connectivity index (χ1) is 8.79. The molecule has 5 heteroatoms. The van der Waals surface area contributed by atoms with Gasteiger partial charge in [-0.1, -0.05) is 37.3 Å². The van der Waals surface area contributed by atoms with Crippen molar-refractivity contribution in [2.75, 3.05) is 20.1 Å². The number of halogens is 3. The molecule has 0 bridgehead atoms. The van der Waals surface area contributed by atoms with Gasteiger partial charge in [-0.15, -0.1) is 0 Å². The molecule has 0 saturated heterocycles.